The molecule has 0 unspecified atom stereocenters. The largest absolute Gasteiger partial charge is 0.491 e. The maximum Gasteiger partial charge on any atom is 0.224 e. The van der Waals surface area contributed by atoms with Crippen LogP contribution < -0.4 is 10.1 Å². The number of piperidine rings is 1. The number of sulfonamides is 1. The van der Waals surface area contributed by atoms with Gasteiger partial charge in [0.25, 0.3) is 0 Å². The van der Waals surface area contributed by atoms with Gasteiger partial charge in [-0.05, 0) is 61.1 Å². The van der Waals surface area contributed by atoms with E-state index in [-0.39, 0.29) is 17.7 Å². The molecule has 1 aromatic carbocycles. The Hall–Kier alpha value is -1.64. The fourth-order valence-electron chi connectivity index (χ4n) is 4.76. The molecular weight excluding hydrogens is 392 g/mol. The van der Waals surface area contributed by atoms with Crippen molar-refractivity contribution in [1.82, 2.24) is 4.31 Å². The number of hydrogen-bond donors (Lipinski definition) is 1. The summed E-state index contributed by atoms with van der Waals surface area (Å²) in [5.41, 5.74) is 1.96. The van der Waals surface area contributed by atoms with Gasteiger partial charge in [-0.1, -0.05) is 6.07 Å². The monoisotopic (exact) mass is 422 g/mol. The lowest BCUT2D eigenvalue weighted by atomic mass is 9.81. The van der Waals surface area contributed by atoms with Crippen LogP contribution in [-0.4, -0.2) is 57.8 Å². The molecular formula is C21H30N2O5S. The second-order valence-corrected chi connectivity index (χ2v) is 10.4. The summed E-state index contributed by atoms with van der Waals surface area (Å²) >= 11 is 0. The molecule has 0 aromatic heterocycles. The number of hydrogen-bond acceptors (Lipinski definition) is 5. The van der Waals surface area contributed by atoms with Crippen LogP contribution in [0.2, 0.25) is 0 Å². The first-order valence-corrected chi connectivity index (χ1v) is 12.3. The number of amides is 1. The van der Waals surface area contributed by atoms with Crippen LogP contribution in [0.3, 0.4) is 0 Å². The quantitative estimate of drug-likeness (QED) is 0.792. The Morgan fingerprint density at radius 2 is 1.86 bits per heavy atom. The fraction of sp³-hybridized carbons (Fsp3) is 0.667. The molecule has 3 aliphatic rings. The minimum absolute atomic E-state index is 0.0244. The molecule has 0 saturated carbocycles. The van der Waals surface area contributed by atoms with Crippen molar-refractivity contribution in [2.75, 3.05) is 44.5 Å². The summed E-state index contributed by atoms with van der Waals surface area (Å²) in [5, 5.41) is 3.06. The SMILES string of the molecule is CS(=O)(=O)N1CC[C@H]2CC(=O)Nc3cc(C4CCOCC4)ccc3OCC[C@H]2C1. The number of fused-ring (bicyclic) bond motifs is 2. The van der Waals surface area contributed by atoms with Gasteiger partial charge in [-0.25, -0.2) is 12.7 Å². The minimum atomic E-state index is -3.21. The van der Waals surface area contributed by atoms with Crippen LogP contribution in [0, 0.1) is 11.8 Å². The molecule has 0 spiro atoms. The smallest absolute Gasteiger partial charge is 0.224 e. The summed E-state index contributed by atoms with van der Waals surface area (Å²) < 4.78 is 36.9. The van der Waals surface area contributed by atoms with Gasteiger partial charge in [0.05, 0.1) is 18.6 Å². The van der Waals surface area contributed by atoms with Crippen LogP contribution in [0.1, 0.15) is 43.6 Å². The second kappa shape index (κ2) is 8.62. The fourth-order valence-corrected chi connectivity index (χ4v) is 5.66. The van der Waals surface area contributed by atoms with E-state index in [1.165, 1.54) is 16.1 Å². The highest BCUT2D eigenvalue weighted by molar-refractivity contribution is 7.88. The van der Waals surface area contributed by atoms with E-state index in [2.05, 4.69) is 17.4 Å². The third kappa shape index (κ3) is 4.92. The lowest BCUT2D eigenvalue weighted by Gasteiger charge is -2.37. The Kier molecular flexibility index (Phi) is 6.13. The summed E-state index contributed by atoms with van der Waals surface area (Å²) in [7, 11) is -3.21. The first kappa shape index (κ1) is 20.6. The van der Waals surface area contributed by atoms with E-state index in [0.717, 1.165) is 38.2 Å². The number of carbonyl (C=O) groups is 1. The number of nitrogens with one attached hydrogen (secondary N) is 1. The number of carbonyl (C=O) groups excluding carboxylic acids is 1. The Morgan fingerprint density at radius 3 is 2.62 bits per heavy atom. The third-order valence-electron chi connectivity index (χ3n) is 6.49. The number of rotatable bonds is 2. The molecule has 0 aliphatic carbocycles. The van der Waals surface area contributed by atoms with Crippen LogP contribution in [0.5, 0.6) is 5.75 Å². The van der Waals surface area contributed by atoms with Crippen LogP contribution in [0.25, 0.3) is 0 Å². The average Bonchev–Trinajstić information content (AvgIpc) is 2.70. The molecule has 3 heterocycles. The van der Waals surface area contributed by atoms with E-state index in [0.29, 0.717) is 44.2 Å². The zero-order chi connectivity index (χ0) is 20.4. The highest BCUT2D eigenvalue weighted by Crippen LogP contribution is 2.36. The Bertz CT molecular complexity index is 851. The van der Waals surface area contributed by atoms with Gasteiger partial charge in [0.1, 0.15) is 5.75 Å². The molecule has 7 nitrogen and oxygen atoms in total. The number of ether oxygens (including phenoxy) is 2. The molecule has 160 valence electrons. The van der Waals surface area contributed by atoms with Gasteiger partial charge in [0.15, 0.2) is 0 Å². The van der Waals surface area contributed by atoms with E-state index < -0.39 is 10.0 Å². The van der Waals surface area contributed by atoms with Crippen molar-refractivity contribution in [3.63, 3.8) is 0 Å². The van der Waals surface area contributed by atoms with Gasteiger partial charge in [-0.3, -0.25) is 4.79 Å². The van der Waals surface area contributed by atoms with Crippen LogP contribution in [0.4, 0.5) is 5.69 Å². The summed E-state index contributed by atoms with van der Waals surface area (Å²) in [4.78, 5) is 12.8. The van der Waals surface area contributed by atoms with Crippen LogP contribution >= 0.6 is 0 Å². The topological polar surface area (TPSA) is 84.9 Å². The van der Waals surface area contributed by atoms with Crippen molar-refractivity contribution in [2.45, 2.75) is 38.0 Å². The summed E-state index contributed by atoms with van der Waals surface area (Å²) in [6, 6.07) is 6.08. The van der Waals surface area contributed by atoms with E-state index in [1.807, 2.05) is 6.07 Å². The van der Waals surface area contributed by atoms with Crippen molar-refractivity contribution in [3.05, 3.63) is 23.8 Å². The van der Waals surface area contributed by atoms with Gasteiger partial charge in [-0.15, -0.1) is 0 Å². The molecule has 1 amide bonds. The van der Waals surface area contributed by atoms with Crippen molar-refractivity contribution < 1.29 is 22.7 Å². The van der Waals surface area contributed by atoms with Gasteiger partial charge >= 0.3 is 0 Å². The maximum absolute atomic E-state index is 12.8. The van der Waals surface area contributed by atoms with E-state index >= 15 is 0 Å². The molecule has 2 saturated heterocycles. The van der Waals surface area contributed by atoms with E-state index in [9.17, 15) is 13.2 Å². The lowest BCUT2D eigenvalue weighted by molar-refractivity contribution is -0.117. The molecule has 2 fully saturated rings. The van der Waals surface area contributed by atoms with Gasteiger partial charge in [-0.2, -0.15) is 0 Å². The first-order valence-electron chi connectivity index (χ1n) is 10.5. The number of nitrogens with zero attached hydrogens (tertiary/aromatic N) is 1. The molecule has 0 bridgehead atoms. The molecule has 3 aliphatic heterocycles. The molecule has 2 atom stereocenters. The maximum atomic E-state index is 12.8. The highest BCUT2D eigenvalue weighted by Gasteiger charge is 2.34. The predicted molar refractivity (Wildman–Crippen MR) is 111 cm³/mol. The van der Waals surface area contributed by atoms with Crippen molar-refractivity contribution in [2.24, 2.45) is 11.8 Å². The van der Waals surface area contributed by atoms with Gasteiger partial charge in [0, 0.05) is 32.7 Å². The van der Waals surface area contributed by atoms with Crippen molar-refractivity contribution in [1.29, 1.82) is 0 Å². The van der Waals surface area contributed by atoms with Crippen LogP contribution in [0.15, 0.2) is 18.2 Å². The zero-order valence-electron chi connectivity index (χ0n) is 16.9. The minimum Gasteiger partial charge on any atom is -0.491 e. The third-order valence-corrected chi connectivity index (χ3v) is 7.76. The Balaban J connectivity index is 1.51. The highest BCUT2D eigenvalue weighted by atomic mass is 32.2. The molecule has 8 heteroatoms. The second-order valence-electron chi connectivity index (χ2n) is 8.46. The van der Waals surface area contributed by atoms with Crippen LogP contribution in [-0.2, 0) is 19.6 Å². The van der Waals surface area contributed by atoms with Crippen molar-refractivity contribution >= 4 is 21.6 Å². The molecule has 0 radical (unpaired) electrons. The van der Waals surface area contributed by atoms with Gasteiger partial charge in [0.2, 0.25) is 15.9 Å². The summed E-state index contributed by atoms with van der Waals surface area (Å²) in [5.74, 6) is 1.42. The summed E-state index contributed by atoms with van der Waals surface area (Å²) in [6.45, 7) is 3.02. The standard InChI is InChI=1S/C21H30N2O5S/c1-29(25,26)23-8-4-17-13-21(24)22-19-12-16(15-5-9-27-10-6-15)2-3-20(19)28-11-7-18(17)14-23/h2-3,12,15,17-18H,4-11,13-14H2,1H3,(H,22,24)/t17-,18-/m0/s1. The van der Waals surface area contributed by atoms with Gasteiger partial charge < -0.3 is 14.8 Å². The molecule has 29 heavy (non-hydrogen) atoms. The lowest BCUT2D eigenvalue weighted by Crippen LogP contribution is -2.44. The molecule has 1 aromatic rings. The normalized spacial score (nSPS) is 27.3. The number of benzene rings is 1. The zero-order valence-corrected chi connectivity index (χ0v) is 17.7. The Morgan fingerprint density at radius 1 is 1.07 bits per heavy atom. The average molecular weight is 423 g/mol. The molecule has 4 rings (SSSR count). The predicted octanol–water partition coefficient (Wildman–Crippen LogP) is 2.59. The molecule has 1 N–H and O–H groups in total. The summed E-state index contributed by atoms with van der Waals surface area (Å²) in [6.07, 6.45) is 5.11. The van der Waals surface area contributed by atoms with E-state index in [4.69, 9.17) is 9.47 Å². The first-order chi connectivity index (χ1) is 13.9. The Labute approximate surface area is 172 Å². The van der Waals surface area contributed by atoms with Crippen molar-refractivity contribution in [3.8, 4) is 5.75 Å². The van der Waals surface area contributed by atoms with E-state index in [1.54, 1.807) is 0 Å². The number of anilines is 1.